The molecule has 0 aliphatic carbocycles. The molecule has 5 N–H and O–H groups in total. The van der Waals surface area contributed by atoms with E-state index in [1.165, 1.54) is 29.2 Å². The van der Waals surface area contributed by atoms with Gasteiger partial charge < -0.3 is 16.5 Å². The predicted molar refractivity (Wildman–Crippen MR) is 74.4 cm³/mol. The summed E-state index contributed by atoms with van der Waals surface area (Å²) in [5, 5.41) is 3.07. The number of anilines is 1. The summed E-state index contributed by atoms with van der Waals surface area (Å²) < 4.78 is 1.93. The van der Waals surface area contributed by atoms with E-state index in [4.69, 9.17) is 11.5 Å². The number of aromatic amines is 1. The third-order valence-electron chi connectivity index (χ3n) is 2.45. The third kappa shape index (κ3) is 2.23. The van der Waals surface area contributed by atoms with Crippen molar-refractivity contribution in [1.82, 2.24) is 19.4 Å². The topological polar surface area (TPSA) is 115 Å². The molecule has 0 aliphatic rings. The number of hydrogen-bond acceptors (Lipinski definition) is 7. The number of aromatic nitrogens is 4. The quantitative estimate of drug-likeness (QED) is 0.612. The second-order valence-electron chi connectivity index (χ2n) is 3.70. The fourth-order valence-corrected chi connectivity index (χ4v) is 3.38. The van der Waals surface area contributed by atoms with Crippen molar-refractivity contribution < 1.29 is 0 Å². The fraction of sp³-hybridized carbons (Fsp3) is 0.100. The molecular formula is C10H10N6OS2. The van der Waals surface area contributed by atoms with E-state index < -0.39 is 0 Å². The van der Waals surface area contributed by atoms with E-state index in [9.17, 15) is 4.79 Å². The van der Waals surface area contributed by atoms with Gasteiger partial charge in [-0.25, -0.2) is 9.97 Å². The molecule has 9 heteroatoms. The van der Waals surface area contributed by atoms with Crippen LogP contribution >= 0.6 is 23.1 Å². The number of hydrogen-bond donors (Lipinski definition) is 3. The molecule has 0 saturated heterocycles. The lowest BCUT2D eigenvalue weighted by Gasteiger charge is -2.01. The van der Waals surface area contributed by atoms with E-state index in [0.717, 1.165) is 15.7 Å². The van der Waals surface area contributed by atoms with Gasteiger partial charge in [-0.2, -0.15) is 0 Å². The van der Waals surface area contributed by atoms with Gasteiger partial charge in [0.1, 0.15) is 10.8 Å². The van der Waals surface area contributed by atoms with Gasteiger partial charge in [-0.05, 0) is 11.8 Å². The van der Waals surface area contributed by atoms with Crippen LogP contribution in [0.3, 0.4) is 0 Å². The maximum atomic E-state index is 11.3. The van der Waals surface area contributed by atoms with Gasteiger partial charge in [0.15, 0.2) is 10.1 Å². The molecule has 3 aromatic heterocycles. The van der Waals surface area contributed by atoms with Crippen LogP contribution < -0.4 is 17.0 Å². The molecule has 0 spiro atoms. The Morgan fingerprint density at radius 3 is 3.05 bits per heavy atom. The molecule has 0 amide bonds. The van der Waals surface area contributed by atoms with Crippen LogP contribution in [0.2, 0.25) is 0 Å². The lowest BCUT2D eigenvalue weighted by molar-refractivity contribution is 0.910. The minimum atomic E-state index is -0.287. The Bertz CT molecular complexity index is 789. The summed E-state index contributed by atoms with van der Waals surface area (Å²) in [6, 6.07) is 1.24. The van der Waals surface area contributed by atoms with E-state index in [2.05, 4.69) is 15.0 Å². The van der Waals surface area contributed by atoms with Crippen LogP contribution in [0.5, 0.6) is 0 Å². The zero-order valence-electron chi connectivity index (χ0n) is 9.66. The molecule has 3 rings (SSSR count). The molecule has 98 valence electrons. The van der Waals surface area contributed by atoms with Crippen molar-refractivity contribution >= 4 is 33.9 Å². The lowest BCUT2D eigenvalue weighted by atomic mass is 10.5. The third-order valence-corrected chi connectivity index (χ3v) is 4.11. The van der Waals surface area contributed by atoms with Gasteiger partial charge in [0.05, 0.1) is 5.69 Å². The van der Waals surface area contributed by atoms with Gasteiger partial charge in [-0.3, -0.25) is 9.20 Å². The molecule has 19 heavy (non-hydrogen) atoms. The molecular weight excluding hydrogens is 284 g/mol. The summed E-state index contributed by atoms with van der Waals surface area (Å²) in [6.45, 7) is 0.354. The number of nitrogen functional groups attached to an aromatic ring is 1. The van der Waals surface area contributed by atoms with Crippen molar-refractivity contribution in [2.75, 3.05) is 5.73 Å². The smallest absolute Gasteiger partial charge is 0.253 e. The SMILES string of the molecule is NCc1c(Sc2nc(N)cc(=O)[nH]2)nc2sccn12. The summed E-state index contributed by atoms with van der Waals surface area (Å²) in [5.74, 6) is 0.182. The second-order valence-corrected chi connectivity index (χ2v) is 5.55. The van der Waals surface area contributed by atoms with Crippen LogP contribution in [-0.4, -0.2) is 19.4 Å². The Hall–Kier alpha value is -1.84. The molecule has 0 atom stereocenters. The summed E-state index contributed by atoms with van der Waals surface area (Å²) in [5.41, 5.74) is 11.9. The van der Waals surface area contributed by atoms with Crippen LogP contribution in [-0.2, 0) is 6.54 Å². The van der Waals surface area contributed by atoms with Crippen molar-refractivity contribution in [2.45, 2.75) is 16.7 Å². The summed E-state index contributed by atoms with van der Waals surface area (Å²) in [4.78, 5) is 23.3. The molecule has 3 heterocycles. The lowest BCUT2D eigenvalue weighted by Crippen LogP contribution is -2.09. The monoisotopic (exact) mass is 294 g/mol. The number of nitrogens with one attached hydrogen (secondary N) is 1. The van der Waals surface area contributed by atoms with Gasteiger partial charge in [0.2, 0.25) is 0 Å². The van der Waals surface area contributed by atoms with Crippen LogP contribution in [0.4, 0.5) is 5.82 Å². The van der Waals surface area contributed by atoms with Crippen LogP contribution in [0.25, 0.3) is 4.96 Å². The molecule has 0 aromatic carbocycles. The average Bonchev–Trinajstić information content (AvgIpc) is 2.87. The molecule has 0 unspecified atom stereocenters. The minimum Gasteiger partial charge on any atom is -0.383 e. The molecule has 0 aliphatic heterocycles. The standard InChI is InChI=1S/C10H10N6OS2/c11-4-5-8(15-10-16(5)1-2-18-10)19-9-13-6(12)3-7(17)14-9/h1-3H,4,11H2,(H3,12,13,14,17). The van der Waals surface area contributed by atoms with Crippen molar-refractivity contribution in [2.24, 2.45) is 5.73 Å². The average molecular weight is 294 g/mol. The van der Waals surface area contributed by atoms with Crippen molar-refractivity contribution in [3.05, 3.63) is 33.7 Å². The highest BCUT2D eigenvalue weighted by Gasteiger charge is 2.14. The van der Waals surface area contributed by atoms with E-state index in [1.54, 1.807) is 0 Å². The van der Waals surface area contributed by atoms with Gasteiger partial charge in [0, 0.05) is 24.2 Å². The van der Waals surface area contributed by atoms with Gasteiger partial charge in [-0.1, -0.05) is 0 Å². The van der Waals surface area contributed by atoms with Crippen molar-refractivity contribution in [3.63, 3.8) is 0 Å². The van der Waals surface area contributed by atoms with Crippen LogP contribution in [0, 0.1) is 0 Å². The van der Waals surface area contributed by atoms with Crippen LogP contribution in [0.15, 0.2) is 32.6 Å². The molecule has 0 bridgehead atoms. The number of nitrogens with two attached hydrogens (primary N) is 2. The second kappa shape index (κ2) is 4.68. The normalized spacial score (nSPS) is 11.2. The van der Waals surface area contributed by atoms with E-state index in [0.29, 0.717) is 11.7 Å². The molecule has 0 radical (unpaired) electrons. The van der Waals surface area contributed by atoms with Crippen molar-refractivity contribution in [1.29, 1.82) is 0 Å². The highest BCUT2D eigenvalue weighted by molar-refractivity contribution is 7.99. The highest BCUT2D eigenvalue weighted by atomic mass is 32.2. The first kappa shape index (κ1) is 12.2. The number of thiazole rings is 1. The zero-order chi connectivity index (χ0) is 13.4. The first-order chi connectivity index (χ1) is 9.17. The molecule has 7 nitrogen and oxygen atoms in total. The summed E-state index contributed by atoms with van der Waals surface area (Å²) >= 11 is 2.77. The number of fused-ring (bicyclic) bond motifs is 1. The largest absolute Gasteiger partial charge is 0.383 e. The summed E-state index contributed by atoms with van der Waals surface area (Å²) in [6.07, 6.45) is 1.91. The Labute approximate surface area is 115 Å². The minimum absolute atomic E-state index is 0.182. The molecule has 0 saturated carbocycles. The Balaban J connectivity index is 2.04. The Morgan fingerprint density at radius 2 is 2.32 bits per heavy atom. The first-order valence-electron chi connectivity index (χ1n) is 5.36. The van der Waals surface area contributed by atoms with Crippen molar-refractivity contribution in [3.8, 4) is 0 Å². The van der Waals surface area contributed by atoms with E-state index in [-0.39, 0.29) is 11.4 Å². The molecule has 0 fully saturated rings. The fourth-order valence-electron chi connectivity index (χ4n) is 1.67. The number of imidazole rings is 1. The van der Waals surface area contributed by atoms with Gasteiger partial charge >= 0.3 is 0 Å². The summed E-state index contributed by atoms with van der Waals surface area (Å²) in [7, 11) is 0. The van der Waals surface area contributed by atoms with E-state index >= 15 is 0 Å². The van der Waals surface area contributed by atoms with Gasteiger partial charge in [0.25, 0.3) is 5.56 Å². The number of nitrogens with zero attached hydrogens (tertiary/aromatic N) is 3. The predicted octanol–water partition coefficient (Wildman–Crippen LogP) is 0.671. The molecule has 3 aromatic rings. The first-order valence-corrected chi connectivity index (χ1v) is 7.06. The zero-order valence-corrected chi connectivity index (χ0v) is 11.3. The number of rotatable bonds is 3. The van der Waals surface area contributed by atoms with E-state index in [1.807, 2.05) is 16.0 Å². The van der Waals surface area contributed by atoms with Crippen LogP contribution in [0.1, 0.15) is 5.69 Å². The van der Waals surface area contributed by atoms with Gasteiger partial charge in [-0.15, -0.1) is 11.3 Å². The maximum absolute atomic E-state index is 11.3. The Kier molecular flexibility index (Phi) is 3.01. The highest BCUT2D eigenvalue weighted by Crippen LogP contribution is 2.29. The Morgan fingerprint density at radius 1 is 1.47 bits per heavy atom. The maximum Gasteiger partial charge on any atom is 0.253 e. The number of H-pyrrole nitrogens is 1.